The van der Waals surface area contributed by atoms with Crippen LogP contribution in [-0.2, 0) is 9.63 Å². The highest BCUT2D eigenvalue weighted by atomic mass is 16.7. The van der Waals surface area contributed by atoms with Gasteiger partial charge < -0.3 is 4.84 Å². The van der Waals surface area contributed by atoms with Crippen molar-refractivity contribution >= 4 is 28.8 Å². The van der Waals surface area contributed by atoms with Crippen LogP contribution in [0.4, 0.5) is 11.4 Å². The fraction of sp³-hybridized carbons (Fsp3) is 0.235. The average Bonchev–Trinajstić information content (AvgIpc) is 2.61. The van der Waals surface area contributed by atoms with Crippen molar-refractivity contribution in [3.05, 3.63) is 67.3 Å². The number of benzene rings is 1. The molecule has 0 radical (unpaired) electrons. The maximum Gasteiger partial charge on any atom is 0.372 e. The van der Waals surface area contributed by atoms with Crippen molar-refractivity contribution in [2.45, 2.75) is 20.8 Å². The van der Waals surface area contributed by atoms with Crippen LogP contribution in [-0.4, -0.2) is 27.3 Å². The van der Waals surface area contributed by atoms with Crippen molar-refractivity contribution in [1.82, 2.24) is 0 Å². The average molecular weight is 373 g/mol. The molecule has 2 rings (SSSR count). The molecule has 0 heterocycles. The van der Waals surface area contributed by atoms with Crippen LogP contribution in [0.15, 0.2) is 46.7 Å². The lowest BCUT2D eigenvalue weighted by Crippen LogP contribution is -2.17. The van der Waals surface area contributed by atoms with Gasteiger partial charge in [0.05, 0.1) is 15.9 Å². The molecule has 0 saturated heterocycles. The van der Waals surface area contributed by atoms with E-state index in [9.17, 15) is 29.8 Å². The Morgan fingerprint density at radius 1 is 1.15 bits per heavy atom. The third-order valence-corrected chi connectivity index (χ3v) is 3.78. The van der Waals surface area contributed by atoms with Crippen molar-refractivity contribution in [3.8, 4) is 0 Å². The maximum atomic E-state index is 12.2. The molecule has 140 valence electrons. The largest absolute Gasteiger partial charge is 0.372 e. The zero-order valence-corrected chi connectivity index (χ0v) is 14.7. The Morgan fingerprint density at radius 2 is 1.81 bits per heavy atom. The van der Waals surface area contributed by atoms with Crippen LogP contribution in [0.5, 0.6) is 0 Å². The summed E-state index contributed by atoms with van der Waals surface area (Å²) in [4.78, 5) is 48.9. The standard InChI is InChI=1S/C17H15N3O7/c1-9(2)13-8-16(21)10(3)6-14(13)18-27-17(22)12-5-4-11(19(23)24)7-15(12)20(25)26/h4-9H,1-3H3/b18-14+. The smallest absolute Gasteiger partial charge is 0.312 e. The lowest BCUT2D eigenvalue weighted by Gasteiger charge is -2.15. The van der Waals surface area contributed by atoms with Crippen LogP contribution in [0.2, 0.25) is 0 Å². The van der Waals surface area contributed by atoms with E-state index >= 15 is 0 Å². The number of non-ortho nitro benzene ring substituents is 1. The van der Waals surface area contributed by atoms with Gasteiger partial charge in [-0.25, -0.2) is 4.79 Å². The van der Waals surface area contributed by atoms with Crippen LogP contribution < -0.4 is 0 Å². The molecule has 0 spiro atoms. The van der Waals surface area contributed by atoms with E-state index in [4.69, 9.17) is 4.84 Å². The summed E-state index contributed by atoms with van der Waals surface area (Å²) in [6.45, 7) is 5.23. The van der Waals surface area contributed by atoms with Gasteiger partial charge in [-0.1, -0.05) is 19.0 Å². The summed E-state index contributed by atoms with van der Waals surface area (Å²) >= 11 is 0. The van der Waals surface area contributed by atoms with Crippen molar-refractivity contribution < 1.29 is 24.3 Å². The van der Waals surface area contributed by atoms with Gasteiger partial charge in [0.25, 0.3) is 11.4 Å². The Morgan fingerprint density at radius 3 is 2.37 bits per heavy atom. The second kappa shape index (κ2) is 7.68. The Kier molecular flexibility index (Phi) is 5.59. The molecule has 0 amide bonds. The third-order valence-electron chi connectivity index (χ3n) is 3.78. The van der Waals surface area contributed by atoms with Crippen LogP contribution in [0.1, 0.15) is 31.1 Å². The summed E-state index contributed by atoms with van der Waals surface area (Å²) in [5.74, 6) is -1.41. The van der Waals surface area contributed by atoms with E-state index in [1.807, 2.05) is 13.8 Å². The van der Waals surface area contributed by atoms with Gasteiger partial charge in [-0.3, -0.25) is 25.0 Å². The van der Waals surface area contributed by atoms with Gasteiger partial charge in [0, 0.05) is 6.07 Å². The number of allylic oxidation sites excluding steroid dienone is 4. The summed E-state index contributed by atoms with van der Waals surface area (Å²) in [7, 11) is 0. The molecular weight excluding hydrogens is 358 g/mol. The lowest BCUT2D eigenvalue weighted by molar-refractivity contribution is -0.394. The molecule has 0 saturated carbocycles. The number of nitro groups is 2. The first-order valence-electron chi connectivity index (χ1n) is 7.78. The van der Waals surface area contributed by atoms with E-state index in [-0.39, 0.29) is 17.4 Å². The fourth-order valence-corrected chi connectivity index (χ4v) is 2.33. The first-order valence-corrected chi connectivity index (χ1v) is 7.78. The molecular formula is C17H15N3O7. The lowest BCUT2D eigenvalue weighted by atomic mass is 9.90. The fourth-order valence-electron chi connectivity index (χ4n) is 2.33. The van der Waals surface area contributed by atoms with Crippen molar-refractivity contribution in [3.63, 3.8) is 0 Å². The number of hydrogen-bond donors (Lipinski definition) is 0. The van der Waals surface area contributed by atoms with Gasteiger partial charge in [0.2, 0.25) is 0 Å². The number of carbonyl (C=O) groups excluding carboxylic acids is 2. The van der Waals surface area contributed by atoms with Crippen molar-refractivity contribution in [1.29, 1.82) is 0 Å². The van der Waals surface area contributed by atoms with Crippen LogP contribution in [0.25, 0.3) is 0 Å². The molecule has 10 heteroatoms. The Hall–Kier alpha value is -3.69. The van der Waals surface area contributed by atoms with E-state index in [1.165, 1.54) is 12.2 Å². The molecule has 1 aromatic carbocycles. The van der Waals surface area contributed by atoms with E-state index in [0.717, 1.165) is 12.1 Å². The number of hydrogen-bond acceptors (Lipinski definition) is 8. The Bertz CT molecular complexity index is 942. The molecule has 0 unspecified atom stereocenters. The first kappa shape index (κ1) is 19.6. The quantitative estimate of drug-likeness (QED) is 0.334. The number of rotatable bonds is 5. The highest BCUT2D eigenvalue weighted by Gasteiger charge is 2.26. The number of oxime groups is 1. The summed E-state index contributed by atoms with van der Waals surface area (Å²) < 4.78 is 0. The predicted octanol–water partition coefficient (Wildman–Crippen LogP) is 3.13. The van der Waals surface area contributed by atoms with Crippen LogP contribution >= 0.6 is 0 Å². The van der Waals surface area contributed by atoms with E-state index < -0.39 is 32.8 Å². The minimum atomic E-state index is -1.14. The summed E-state index contributed by atoms with van der Waals surface area (Å²) in [6.07, 6.45) is 2.84. The molecule has 1 aliphatic rings. The van der Waals surface area contributed by atoms with Crippen LogP contribution in [0.3, 0.4) is 0 Å². The van der Waals surface area contributed by atoms with Gasteiger partial charge in [-0.05, 0) is 42.2 Å². The molecule has 0 fully saturated rings. The van der Waals surface area contributed by atoms with Gasteiger partial charge in [-0.15, -0.1) is 0 Å². The predicted molar refractivity (Wildman–Crippen MR) is 94.3 cm³/mol. The SMILES string of the molecule is CC1=C/C(=N\OC(=O)c2ccc([N+](=O)[O-])cc2[N+](=O)[O-])C(C(C)C)=CC1=O. The number of nitrogens with zero attached hydrogens (tertiary/aromatic N) is 3. The molecule has 0 N–H and O–H groups in total. The summed E-state index contributed by atoms with van der Waals surface area (Å²) in [6, 6.07) is 2.56. The first-order chi connectivity index (χ1) is 12.6. The number of carbonyl (C=O) groups is 2. The third kappa shape index (κ3) is 4.29. The second-order valence-electron chi connectivity index (χ2n) is 6.02. The molecule has 1 aliphatic carbocycles. The van der Waals surface area contributed by atoms with Gasteiger partial charge >= 0.3 is 5.97 Å². The summed E-state index contributed by atoms with van der Waals surface area (Å²) in [5.41, 5.74) is -0.566. The minimum absolute atomic E-state index is 0.0792. The molecule has 0 atom stereocenters. The van der Waals surface area contributed by atoms with Crippen LogP contribution in [0, 0.1) is 26.1 Å². The second-order valence-corrected chi connectivity index (χ2v) is 6.02. The maximum absolute atomic E-state index is 12.2. The topological polar surface area (TPSA) is 142 Å². The molecule has 1 aromatic rings. The van der Waals surface area contributed by atoms with E-state index in [1.54, 1.807) is 6.92 Å². The number of nitro benzene ring substituents is 2. The molecule has 0 bridgehead atoms. The molecule has 0 aromatic heterocycles. The van der Waals surface area contributed by atoms with E-state index in [0.29, 0.717) is 17.2 Å². The summed E-state index contributed by atoms with van der Waals surface area (Å²) in [5, 5.41) is 25.6. The highest BCUT2D eigenvalue weighted by molar-refractivity contribution is 6.21. The Balaban J connectivity index is 2.36. The molecule has 0 aliphatic heterocycles. The minimum Gasteiger partial charge on any atom is -0.312 e. The Labute approximate surface area is 153 Å². The highest BCUT2D eigenvalue weighted by Crippen LogP contribution is 2.26. The van der Waals surface area contributed by atoms with Gasteiger partial charge in [0.15, 0.2) is 5.78 Å². The normalized spacial score (nSPS) is 15.4. The van der Waals surface area contributed by atoms with Gasteiger partial charge in [-0.2, -0.15) is 0 Å². The van der Waals surface area contributed by atoms with Crippen molar-refractivity contribution in [2.75, 3.05) is 0 Å². The molecule has 10 nitrogen and oxygen atoms in total. The number of ketones is 1. The monoisotopic (exact) mass is 373 g/mol. The van der Waals surface area contributed by atoms with Crippen molar-refractivity contribution in [2.24, 2.45) is 11.1 Å². The van der Waals surface area contributed by atoms with Gasteiger partial charge in [0.1, 0.15) is 11.3 Å². The molecule has 27 heavy (non-hydrogen) atoms. The zero-order chi connectivity index (χ0) is 20.3. The van der Waals surface area contributed by atoms with E-state index in [2.05, 4.69) is 5.16 Å². The zero-order valence-electron chi connectivity index (χ0n) is 14.7.